The minimum atomic E-state index is -0.746. The third-order valence-electron chi connectivity index (χ3n) is 7.67. The molecule has 1 aromatic heterocycles. The van der Waals surface area contributed by atoms with Crippen LogP contribution in [0.15, 0.2) is 23.1 Å². The number of likely N-dealkylation sites (tertiary alicyclic amines) is 1. The number of nitriles is 1. The van der Waals surface area contributed by atoms with E-state index in [9.17, 15) is 24.4 Å². The van der Waals surface area contributed by atoms with Crippen LogP contribution in [0.25, 0.3) is 0 Å². The number of ether oxygens (including phenoxy) is 1. The zero-order valence-corrected chi connectivity index (χ0v) is 22.1. The topological polar surface area (TPSA) is 125 Å². The summed E-state index contributed by atoms with van der Waals surface area (Å²) in [6.45, 7) is 5.89. The van der Waals surface area contributed by atoms with Crippen molar-refractivity contribution in [2.24, 2.45) is 13.0 Å². The summed E-state index contributed by atoms with van der Waals surface area (Å²) in [5.41, 5.74) is -0.0960. The molecule has 0 saturated carbocycles. The van der Waals surface area contributed by atoms with E-state index in [-0.39, 0.29) is 35.9 Å². The van der Waals surface area contributed by atoms with Crippen molar-refractivity contribution >= 4 is 17.9 Å². The number of aromatic nitrogens is 1. The maximum atomic E-state index is 13.8. The molecule has 0 spiro atoms. The Kier molecular flexibility index (Phi) is 7.62. The van der Waals surface area contributed by atoms with Gasteiger partial charge in [0.25, 0.3) is 5.56 Å². The zero-order valence-electron chi connectivity index (χ0n) is 22.1. The average Bonchev–Trinajstić information content (AvgIpc) is 3.44. The molecule has 37 heavy (non-hydrogen) atoms. The summed E-state index contributed by atoms with van der Waals surface area (Å²) in [5, 5.41) is 12.5. The predicted octanol–water partition coefficient (Wildman–Crippen LogP) is 2.28. The van der Waals surface area contributed by atoms with Crippen molar-refractivity contribution in [3.05, 3.63) is 34.2 Å². The van der Waals surface area contributed by atoms with Gasteiger partial charge in [-0.15, -0.1) is 0 Å². The van der Waals surface area contributed by atoms with Crippen molar-refractivity contribution < 1.29 is 19.1 Å². The average molecular weight is 512 g/mol. The van der Waals surface area contributed by atoms with Crippen LogP contribution in [0.3, 0.4) is 0 Å². The van der Waals surface area contributed by atoms with Crippen LogP contribution in [0.2, 0.25) is 0 Å². The van der Waals surface area contributed by atoms with Crippen LogP contribution in [-0.4, -0.2) is 69.1 Å². The Balaban J connectivity index is 1.51. The van der Waals surface area contributed by atoms with Gasteiger partial charge >= 0.3 is 6.09 Å². The molecule has 1 unspecified atom stereocenters. The summed E-state index contributed by atoms with van der Waals surface area (Å²) < 4.78 is 6.84. The van der Waals surface area contributed by atoms with Crippen LogP contribution in [0.4, 0.5) is 4.79 Å². The van der Waals surface area contributed by atoms with Gasteiger partial charge in [0.1, 0.15) is 17.7 Å². The maximum absolute atomic E-state index is 13.8. The second-order valence-corrected chi connectivity index (χ2v) is 11.5. The quantitative estimate of drug-likeness (QED) is 0.664. The largest absolute Gasteiger partial charge is 0.444 e. The van der Waals surface area contributed by atoms with Crippen molar-refractivity contribution in [3.63, 3.8) is 0 Å². The molecule has 10 nitrogen and oxygen atoms in total. The Bertz CT molecular complexity index is 1150. The molecule has 1 N–H and O–H groups in total. The number of nitrogens with zero attached hydrogens (tertiary/aromatic N) is 4. The summed E-state index contributed by atoms with van der Waals surface area (Å²) in [6.07, 6.45) is 5.36. The monoisotopic (exact) mass is 511 g/mol. The normalized spacial score (nSPS) is 28.2. The Morgan fingerprint density at radius 1 is 1.11 bits per heavy atom. The number of nitrogens with one attached hydrogen (secondary N) is 1. The number of hydrogen-bond donors (Lipinski definition) is 1. The lowest BCUT2D eigenvalue weighted by molar-refractivity contribution is -0.146. The van der Waals surface area contributed by atoms with Crippen LogP contribution in [0.5, 0.6) is 0 Å². The standard InChI is InChI=1S/C27H37N5O5/c1-27(2,3)37-26(36)29-21-8-6-5-7-19-9-10-22(32(19)24(21)34)25(35)31-15-18(14-28)20(16-31)17-11-12-30(4)23(33)13-17/h11-13,18-22H,5-10,15-16H2,1-4H3,(H,29,36)/t18-,19+,20+,21?,22+/m1/s1. The SMILES string of the molecule is Cn1ccc([C@@H]2CN(C(=O)[C@@H]3CC[C@@H]4CCCCC(NC(=O)OC(C)(C)C)C(=O)N43)C[C@H]2C#N)cc1=O. The Labute approximate surface area is 217 Å². The van der Waals surface area contributed by atoms with Gasteiger partial charge in [-0.3, -0.25) is 14.4 Å². The Hall–Kier alpha value is -3.35. The van der Waals surface area contributed by atoms with E-state index in [0.717, 1.165) is 31.2 Å². The van der Waals surface area contributed by atoms with Gasteiger partial charge in [-0.2, -0.15) is 5.26 Å². The van der Waals surface area contributed by atoms with Gasteiger partial charge < -0.3 is 24.4 Å². The van der Waals surface area contributed by atoms with Crippen molar-refractivity contribution in [2.45, 2.75) is 88.9 Å². The number of alkyl carbamates (subject to hydrolysis) is 1. The van der Waals surface area contributed by atoms with Crippen LogP contribution >= 0.6 is 0 Å². The van der Waals surface area contributed by atoms with E-state index in [1.165, 1.54) is 10.6 Å². The van der Waals surface area contributed by atoms with Crippen LogP contribution in [0, 0.1) is 17.2 Å². The fraction of sp³-hybridized carbons (Fsp3) is 0.667. The molecule has 3 saturated heterocycles. The molecule has 1 aromatic rings. The Morgan fingerprint density at radius 3 is 2.51 bits per heavy atom. The highest BCUT2D eigenvalue weighted by atomic mass is 16.6. The summed E-state index contributed by atoms with van der Waals surface area (Å²) >= 11 is 0. The number of carbonyl (C=O) groups excluding carboxylic acids is 3. The molecule has 0 aliphatic carbocycles. The molecule has 3 aliphatic heterocycles. The molecule has 4 rings (SSSR count). The molecule has 0 aromatic carbocycles. The minimum Gasteiger partial charge on any atom is -0.444 e. The third kappa shape index (κ3) is 5.81. The van der Waals surface area contributed by atoms with E-state index in [2.05, 4.69) is 11.4 Å². The second-order valence-electron chi connectivity index (χ2n) is 11.5. The fourth-order valence-electron chi connectivity index (χ4n) is 5.82. The zero-order chi connectivity index (χ0) is 26.9. The van der Waals surface area contributed by atoms with Crippen LogP contribution < -0.4 is 10.9 Å². The van der Waals surface area contributed by atoms with E-state index in [1.54, 1.807) is 43.8 Å². The number of rotatable bonds is 3. The van der Waals surface area contributed by atoms with Crippen molar-refractivity contribution in [3.8, 4) is 6.07 Å². The van der Waals surface area contributed by atoms with Crippen molar-refractivity contribution in [2.75, 3.05) is 13.1 Å². The van der Waals surface area contributed by atoms with Gasteiger partial charge in [0, 0.05) is 44.4 Å². The first-order valence-electron chi connectivity index (χ1n) is 13.1. The maximum Gasteiger partial charge on any atom is 0.408 e. The molecule has 3 amide bonds. The van der Waals surface area contributed by atoms with Crippen molar-refractivity contribution in [1.82, 2.24) is 19.7 Å². The third-order valence-corrected chi connectivity index (χ3v) is 7.67. The highest BCUT2D eigenvalue weighted by Gasteiger charge is 2.47. The first-order valence-corrected chi connectivity index (χ1v) is 13.1. The predicted molar refractivity (Wildman–Crippen MR) is 135 cm³/mol. The Morgan fingerprint density at radius 2 is 1.84 bits per heavy atom. The number of aryl methyl sites for hydroxylation is 1. The molecule has 3 aliphatic rings. The van der Waals surface area contributed by atoms with E-state index < -0.39 is 29.7 Å². The number of pyridine rings is 1. The molecule has 4 heterocycles. The number of amides is 3. The van der Waals surface area contributed by atoms with Gasteiger partial charge in [0.15, 0.2) is 0 Å². The molecular weight excluding hydrogens is 474 g/mol. The fourth-order valence-corrected chi connectivity index (χ4v) is 5.82. The molecule has 3 fully saturated rings. The van der Waals surface area contributed by atoms with E-state index in [1.807, 2.05) is 6.07 Å². The van der Waals surface area contributed by atoms with Gasteiger partial charge in [0.05, 0.1) is 12.0 Å². The highest BCUT2D eigenvalue weighted by molar-refractivity contribution is 5.92. The van der Waals surface area contributed by atoms with E-state index in [0.29, 0.717) is 19.4 Å². The van der Waals surface area contributed by atoms with Crippen LogP contribution in [0.1, 0.15) is 70.8 Å². The van der Waals surface area contributed by atoms with Gasteiger partial charge in [-0.05, 0) is 58.1 Å². The lowest BCUT2D eigenvalue weighted by Gasteiger charge is -2.36. The lowest BCUT2D eigenvalue weighted by Crippen LogP contribution is -2.57. The number of hydrogen-bond acceptors (Lipinski definition) is 6. The first kappa shape index (κ1) is 26.7. The molecule has 0 bridgehead atoms. The van der Waals surface area contributed by atoms with Gasteiger partial charge in [-0.25, -0.2) is 4.79 Å². The molecule has 10 heteroatoms. The summed E-state index contributed by atoms with van der Waals surface area (Å²) in [5.74, 6) is -1.10. The molecule has 200 valence electrons. The van der Waals surface area contributed by atoms with Gasteiger partial charge in [-0.1, -0.05) is 12.8 Å². The molecule has 0 radical (unpaired) electrons. The number of fused-ring (bicyclic) bond motifs is 1. The summed E-state index contributed by atoms with van der Waals surface area (Å²) in [6, 6.07) is 4.24. The van der Waals surface area contributed by atoms with Gasteiger partial charge in [0.2, 0.25) is 11.8 Å². The van der Waals surface area contributed by atoms with Crippen LogP contribution in [-0.2, 0) is 21.4 Å². The smallest absolute Gasteiger partial charge is 0.408 e. The minimum absolute atomic E-state index is 0.0491. The van der Waals surface area contributed by atoms with Crippen molar-refractivity contribution in [1.29, 1.82) is 5.26 Å². The second kappa shape index (κ2) is 10.6. The molecule has 5 atom stereocenters. The first-order chi connectivity index (χ1) is 17.5. The summed E-state index contributed by atoms with van der Waals surface area (Å²) in [7, 11) is 1.67. The number of carbonyl (C=O) groups is 3. The van der Waals surface area contributed by atoms with E-state index >= 15 is 0 Å². The summed E-state index contributed by atoms with van der Waals surface area (Å²) in [4.78, 5) is 55.4. The lowest BCUT2D eigenvalue weighted by atomic mass is 9.91. The van der Waals surface area contributed by atoms with E-state index in [4.69, 9.17) is 4.74 Å². The highest BCUT2D eigenvalue weighted by Crippen LogP contribution is 2.36. The molecular formula is C27H37N5O5.